The highest BCUT2D eigenvalue weighted by Gasteiger charge is 2.26. The van der Waals surface area contributed by atoms with Crippen LogP contribution < -0.4 is 5.32 Å². The monoisotopic (exact) mass is 606 g/mol. The number of hydrogen-bond acceptors (Lipinski definition) is 9. The van der Waals surface area contributed by atoms with Crippen LogP contribution in [0.3, 0.4) is 0 Å². The van der Waals surface area contributed by atoms with Crippen molar-refractivity contribution >= 4 is 40.2 Å². The molecule has 0 amide bonds. The van der Waals surface area contributed by atoms with Gasteiger partial charge in [0, 0.05) is 50.4 Å². The third kappa shape index (κ3) is 5.74. The van der Waals surface area contributed by atoms with E-state index in [0.717, 1.165) is 61.3 Å². The predicted octanol–water partition coefficient (Wildman–Crippen LogP) is 4.69. The first-order valence-corrected chi connectivity index (χ1v) is 15.2. The molecule has 0 bridgehead atoms. The van der Waals surface area contributed by atoms with Crippen molar-refractivity contribution < 1.29 is 13.5 Å². The quantitative estimate of drug-likeness (QED) is 0.232. The van der Waals surface area contributed by atoms with Gasteiger partial charge < -0.3 is 15.0 Å². The van der Waals surface area contributed by atoms with Gasteiger partial charge in [-0.15, -0.1) is 0 Å². The molecule has 1 unspecified atom stereocenters. The molecule has 224 valence electrons. The van der Waals surface area contributed by atoms with Crippen LogP contribution in [0, 0.1) is 24.5 Å². The number of nitrogens with zero attached hydrogens (tertiary/aromatic N) is 8. The lowest BCUT2D eigenvalue weighted by atomic mass is 9.97. The van der Waals surface area contributed by atoms with Crippen molar-refractivity contribution in [3.63, 3.8) is 0 Å². The van der Waals surface area contributed by atoms with Crippen LogP contribution in [0.15, 0.2) is 41.3 Å². The van der Waals surface area contributed by atoms with E-state index in [9.17, 15) is 8.78 Å². The van der Waals surface area contributed by atoms with E-state index in [0.29, 0.717) is 23.1 Å². The molecule has 0 aliphatic carbocycles. The van der Waals surface area contributed by atoms with Gasteiger partial charge in [-0.1, -0.05) is 0 Å². The summed E-state index contributed by atoms with van der Waals surface area (Å²) < 4.78 is 41.5. The molecule has 6 heterocycles. The molecule has 7 rings (SSSR count). The fraction of sp³-hybridized carbons (Fsp3) is 0.414. The number of ether oxygens (including phenoxy) is 1. The van der Waals surface area contributed by atoms with Crippen molar-refractivity contribution in [2.24, 2.45) is 10.3 Å². The molecule has 2 aliphatic rings. The van der Waals surface area contributed by atoms with E-state index in [2.05, 4.69) is 25.3 Å². The van der Waals surface area contributed by atoms with Crippen LogP contribution in [0.25, 0.3) is 27.9 Å². The van der Waals surface area contributed by atoms with Crippen LogP contribution in [0.5, 0.6) is 0 Å². The van der Waals surface area contributed by atoms with Gasteiger partial charge in [0.1, 0.15) is 16.7 Å². The standard InChI is InChI=1S/C29H32F2N10OS/c1-17-12-41-23(19-10-33-40(13-19)15-24-35-22-4-3-21(30)26(31)27(22)36-24)11-32-29(41)28(34-17)37-25-9-20(38-43-25)14-39-7-5-18(6-8-39)16-42-2/h3-4,10-13,18,25H,5-9,14-16H2,1-2H3,(H,34,37)(H,35,36). The van der Waals surface area contributed by atoms with Gasteiger partial charge in [-0.2, -0.15) is 5.10 Å². The first-order valence-electron chi connectivity index (χ1n) is 14.3. The number of anilines is 1. The second kappa shape index (κ2) is 11.7. The van der Waals surface area contributed by atoms with Crippen molar-refractivity contribution in [3.8, 4) is 11.3 Å². The number of fused-ring (bicyclic) bond motifs is 2. The number of aryl methyl sites for hydroxylation is 1. The highest BCUT2D eigenvalue weighted by atomic mass is 32.2. The molecule has 14 heteroatoms. The number of aromatic nitrogens is 7. The number of methoxy groups -OCH3 is 1. The van der Waals surface area contributed by atoms with Crippen molar-refractivity contribution in [1.82, 2.24) is 39.0 Å². The van der Waals surface area contributed by atoms with E-state index >= 15 is 0 Å². The number of halogens is 2. The average Bonchev–Trinajstić information content (AvgIpc) is 3.79. The Kier molecular flexibility index (Phi) is 7.57. The normalized spacial score (nSPS) is 18.2. The molecule has 0 radical (unpaired) electrons. The number of aromatic amines is 1. The van der Waals surface area contributed by atoms with E-state index in [1.165, 1.54) is 24.6 Å². The van der Waals surface area contributed by atoms with Crippen molar-refractivity contribution in [2.45, 2.75) is 38.1 Å². The summed E-state index contributed by atoms with van der Waals surface area (Å²) in [5.74, 6) is -0.0346. The Morgan fingerprint density at radius 1 is 1.12 bits per heavy atom. The van der Waals surface area contributed by atoms with Gasteiger partial charge in [0.2, 0.25) is 0 Å². The summed E-state index contributed by atoms with van der Waals surface area (Å²) >= 11 is 1.55. The van der Waals surface area contributed by atoms with Crippen LogP contribution in [0.2, 0.25) is 0 Å². The maximum Gasteiger partial charge on any atom is 0.186 e. The van der Waals surface area contributed by atoms with Gasteiger partial charge in [0.15, 0.2) is 23.1 Å². The number of rotatable bonds is 9. The van der Waals surface area contributed by atoms with Crippen molar-refractivity contribution in [1.29, 1.82) is 0 Å². The molecular formula is C29H32F2N10OS. The van der Waals surface area contributed by atoms with Gasteiger partial charge in [-0.25, -0.2) is 28.1 Å². The Hall–Kier alpha value is -3.88. The molecule has 1 atom stereocenters. The first kappa shape index (κ1) is 27.9. The number of likely N-dealkylation sites (tertiary alicyclic amines) is 1. The van der Waals surface area contributed by atoms with Crippen LogP contribution in [0.4, 0.5) is 14.6 Å². The molecule has 4 aromatic heterocycles. The van der Waals surface area contributed by atoms with Gasteiger partial charge in [0.05, 0.1) is 35.8 Å². The minimum atomic E-state index is -0.961. The number of imidazole rings is 2. The topological polar surface area (TPSA) is 114 Å². The van der Waals surface area contributed by atoms with Crippen LogP contribution in [-0.4, -0.2) is 83.5 Å². The number of hydrogen-bond donors (Lipinski definition) is 2. The number of benzene rings is 1. The fourth-order valence-electron chi connectivity index (χ4n) is 5.85. The molecule has 5 aromatic rings. The van der Waals surface area contributed by atoms with Gasteiger partial charge in [-0.05, 0) is 62.9 Å². The summed E-state index contributed by atoms with van der Waals surface area (Å²) in [4.78, 5) is 19.2. The minimum absolute atomic E-state index is 0.0207. The summed E-state index contributed by atoms with van der Waals surface area (Å²) in [5, 5.41) is 8.12. The Bertz CT molecular complexity index is 1810. The first-order chi connectivity index (χ1) is 20.9. The summed E-state index contributed by atoms with van der Waals surface area (Å²) in [6.07, 6.45) is 10.6. The molecule has 2 N–H and O–H groups in total. The molecule has 11 nitrogen and oxygen atoms in total. The summed E-state index contributed by atoms with van der Waals surface area (Å²) in [5.41, 5.74) is 4.90. The van der Waals surface area contributed by atoms with Crippen molar-refractivity contribution in [3.05, 3.63) is 60.1 Å². The Labute approximate surface area is 250 Å². The summed E-state index contributed by atoms with van der Waals surface area (Å²) in [6, 6.07) is 2.56. The third-order valence-corrected chi connectivity index (χ3v) is 8.89. The lowest BCUT2D eigenvalue weighted by Crippen LogP contribution is -2.38. The molecule has 0 spiro atoms. The highest BCUT2D eigenvalue weighted by Crippen LogP contribution is 2.30. The zero-order valence-corrected chi connectivity index (χ0v) is 24.7. The Morgan fingerprint density at radius 2 is 1.98 bits per heavy atom. The maximum atomic E-state index is 14.1. The second-order valence-corrected chi connectivity index (χ2v) is 12.2. The van der Waals surface area contributed by atoms with Crippen LogP contribution in [-0.2, 0) is 11.3 Å². The average molecular weight is 607 g/mol. The van der Waals surface area contributed by atoms with Crippen LogP contribution in [0.1, 0.15) is 30.8 Å². The van der Waals surface area contributed by atoms with E-state index in [4.69, 9.17) is 19.1 Å². The third-order valence-electron chi connectivity index (χ3n) is 7.99. The maximum absolute atomic E-state index is 14.1. The second-order valence-electron chi connectivity index (χ2n) is 11.2. The SMILES string of the molecule is COCC1CCN(CC2=NSC(Nc3nc(C)cn4c(-c5cnn(Cc6nc7c(F)c(F)ccc7[nH]6)c5)cnc34)C2)CC1. The van der Waals surface area contributed by atoms with E-state index in [-0.39, 0.29) is 17.4 Å². The Morgan fingerprint density at radius 3 is 2.81 bits per heavy atom. The van der Waals surface area contributed by atoms with Crippen molar-refractivity contribution in [2.75, 3.05) is 38.7 Å². The number of nitrogens with one attached hydrogen (secondary N) is 2. The van der Waals surface area contributed by atoms with E-state index in [1.807, 2.05) is 23.7 Å². The lowest BCUT2D eigenvalue weighted by Gasteiger charge is -2.31. The molecular weight excluding hydrogens is 574 g/mol. The zero-order chi connectivity index (χ0) is 29.5. The molecule has 1 fully saturated rings. The highest BCUT2D eigenvalue weighted by molar-refractivity contribution is 7.99. The number of H-pyrrole nitrogens is 1. The lowest BCUT2D eigenvalue weighted by molar-refractivity contribution is 0.105. The predicted molar refractivity (Wildman–Crippen MR) is 162 cm³/mol. The molecule has 2 aliphatic heterocycles. The zero-order valence-electron chi connectivity index (χ0n) is 23.9. The summed E-state index contributed by atoms with van der Waals surface area (Å²) in [7, 11) is 1.78. The Balaban J connectivity index is 1.03. The summed E-state index contributed by atoms with van der Waals surface area (Å²) in [6.45, 7) is 6.14. The largest absolute Gasteiger partial charge is 0.384 e. The van der Waals surface area contributed by atoms with E-state index < -0.39 is 11.6 Å². The smallest absolute Gasteiger partial charge is 0.186 e. The molecule has 1 saturated heterocycles. The minimum Gasteiger partial charge on any atom is -0.384 e. The van der Waals surface area contributed by atoms with Gasteiger partial charge in [0.25, 0.3) is 0 Å². The van der Waals surface area contributed by atoms with Crippen LogP contribution >= 0.6 is 11.9 Å². The van der Waals surface area contributed by atoms with Gasteiger partial charge in [-0.3, -0.25) is 14.0 Å². The van der Waals surface area contributed by atoms with E-state index in [1.54, 1.807) is 36.1 Å². The fourth-order valence-corrected chi connectivity index (χ4v) is 6.69. The molecule has 0 saturated carbocycles. The molecule has 1 aromatic carbocycles. The molecule has 43 heavy (non-hydrogen) atoms. The number of piperidine rings is 1. The van der Waals surface area contributed by atoms with Gasteiger partial charge >= 0.3 is 0 Å².